The fourth-order valence-electron chi connectivity index (χ4n) is 2.19. The monoisotopic (exact) mass is 374 g/mol. The van der Waals surface area contributed by atoms with E-state index in [4.69, 9.17) is 20.8 Å². The quantitative estimate of drug-likeness (QED) is 0.457. The number of thioether (sulfide) groups is 1. The summed E-state index contributed by atoms with van der Waals surface area (Å²) in [5.74, 6) is 1.10. The topological polar surface area (TPSA) is 65.2 Å². The van der Waals surface area contributed by atoms with Crippen LogP contribution in [-0.4, -0.2) is 28.3 Å². The third kappa shape index (κ3) is 4.21. The van der Waals surface area contributed by atoms with E-state index in [1.54, 1.807) is 38.3 Å². The molecule has 5 nitrogen and oxygen atoms in total. The predicted molar refractivity (Wildman–Crippen MR) is 97.4 cm³/mol. The number of hydrogen-bond donors (Lipinski definition) is 0. The molecule has 0 aliphatic rings. The van der Waals surface area contributed by atoms with Crippen molar-refractivity contribution >= 4 is 29.1 Å². The highest BCUT2D eigenvalue weighted by molar-refractivity contribution is 8.00. The second-order valence-corrected chi connectivity index (χ2v) is 6.96. The molecule has 0 unspecified atom stereocenters. The molecular weight excluding hydrogens is 360 g/mol. The van der Waals surface area contributed by atoms with Crippen LogP contribution < -0.4 is 4.74 Å². The van der Waals surface area contributed by atoms with Gasteiger partial charge in [-0.2, -0.15) is 0 Å². The molecule has 0 aliphatic heterocycles. The molecule has 3 rings (SSSR count). The normalized spacial score (nSPS) is 12.0. The van der Waals surface area contributed by atoms with E-state index in [0.717, 1.165) is 11.3 Å². The van der Waals surface area contributed by atoms with Crippen LogP contribution >= 0.6 is 23.4 Å². The maximum atomic E-state index is 12.5. The lowest BCUT2D eigenvalue weighted by atomic mass is 10.1. The van der Waals surface area contributed by atoms with E-state index in [-0.39, 0.29) is 11.0 Å². The fraction of sp³-hybridized carbons (Fsp3) is 0.167. The number of Topliss-reactive ketones (excluding diaryl/α,β-unsaturated/α-hetero) is 1. The van der Waals surface area contributed by atoms with Gasteiger partial charge in [-0.1, -0.05) is 35.5 Å². The number of nitrogens with zero attached hydrogens (tertiary/aromatic N) is 2. The van der Waals surface area contributed by atoms with Gasteiger partial charge in [0.15, 0.2) is 5.78 Å². The molecule has 0 saturated heterocycles. The van der Waals surface area contributed by atoms with Gasteiger partial charge in [-0.05, 0) is 43.3 Å². The van der Waals surface area contributed by atoms with Gasteiger partial charge in [-0.25, -0.2) is 0 Å². The number of methoxy groups -OCH3 is 1. The summed E-state index contributed by atoms with van der Waals surface area (Å²) < 4.78 is 10.8. The van der Waals surface area contributed by atoms with Crippen LogP contribution in [0.25, 0.3) is 11.5 Å². The van der Waals surface area contributed by atoms with E-state index in [1.807, 2.05) is 24.3 Å². The van der Waals surface area contributed by atoms with Gasteiger partial charge in [0, 0.05) is 16.1 Å². The van der Waals surface area contributed by atoms with Crippen molar-refractivity contribution in [3.8, 4) is 17.2 Å². The molecule has 7 heteroatoms. The second kappa shape index (κ2) is 7.72. The molecule has 1 heterocycles. The number of ether oxygens (including phenoxy) is 1. The first kappa shape index (κ1) is 17.5. The largest absolute Gasteiger partial charge is 0.497 e. The van der Waals surface area contributed by atoms with Crippen molar-refractivity contribution in [2.24, 2.45) is 0 Å². The minimum atomic E-state index is -0.373. The zero-order valence-corrected chi connectivity index (χ0v) is 15.2. The number of benzene rings is 2. The first-order chi connectivity index (χ1) is 12.1. The summed E-state index contributed by atoms with van der Waals surface area (Å²) in [6.07, 6.45) is 0. The van der Waals surface area contributed by atoms with E-state index in [2.05, 4.69) is 10.2 Å². The Hall–Kier alpha value is -2.31. The highest BCUT2D eigenvalue weighted by Gasteiger charge is 2.20. The maximum absolute atomic E-state index is 12.5. The number of rotatable bonds is 6. The van der Waals surface area contributed by atoms with E-state index in [1.165, 1.54) is 11.8 Å². The number of carbonyl (C=O) groups excluding carboxylic acids is 1. The molecule has 0 fully saturated rings. The van der Waals surface area contributed by atoms with Crippen molar-refractivity contribution in [1.29, 1.82) is 0 Å². The van der Waals surface area contributed by atoms with Crippen LogP contribution in [-0.2, 0) is 0 Å². The van der Waals surface area contributed by atoms with Crippen molar-refractivity contribution < 1.29 is 13.9 Å². The zero-order chi connectivity index (χ0) is 17.8. The van der Waals surface area contributed by atoms with E-state index >= 15 is 0 Å². The fourth-order valence-corrected chi connectivity index (χ4v) is 3.14. The highest BCUT2D eigenvalue weighted by Crippen LogP contribution is 2.28. The average Bonchev–Trinajstić information content (AvgIpc) is 3.09. The Kier molecular flexibility index (Phi) is 5.40. The Morgan fingerprint density at radius 2 is 1.96 bits per heavy atom. The summed E-state index contributed by atoms with van der Waals surface area (Å²) in [6, 6.07) is 14.2. The van der Waals surface area contributed by atoms with Gasteiger partial charge in [0.2, 0.25) is 5.89 Å². The molecule has 1 aromatic heterocycles. The van der Waals surface area contributed by atoms with Crippen LogP contribution in [0.4, 0.5) is 0 Å². The van der Waals surface area contributed by atoms with E-state index in [0.29, 0.717) is 21.7 Å². The number of halogens is 1. The summed E-state index contributed by atoms with van der Waals surface area (Å²) in [7, 11) is 1.61. The van der Waals surface area contributed by atoms with Crippen LogP contribution in [0.1, 0.15) is 17.3 Å². The van der Waals surface area contributed by atoms with Crippen molar-refractivity contribution in [3.05, 3.63) is 59.1 Å². The Balaban J connectivity index is 1.71. The molecule has 0 saturated carbocycles. The number of ketones is 1. The smallest absolute Gasteiger partial charge is 0.277 e. The van der Waals surface area contributed by atoms with Gasteiger partial charge >= 0.3 is 0 Å². The molecule has 0 N–H and O–H groups in total. The second-order valence-electron chi connectivity index (χ2n) is 5.24. The summed E-state index contributed by atoms with van der Waals surface area (Å²) in [4.78, 5) is 12.5. The molecular formula is C18H15ClN2O3S. The maximum Gasteiger partial charge on any atom is 0.277 e. The summed E-state index contributed by atoms with van der Waals surface area (Å²) in [6.45, 7) is 1.80. The predicted octanol–water partition coefficient (Wildman–Crippen LogP) is 4.76. The SMILES string of the molecule is COc1ccc(-c2nnc(S[C@H](C)C(=O)c3cccc(Cl)c3)o2)cc1. The minimum absolute atomic E-state index is 0.0447. The summed E-state index contributed by atoms with van der Waals surface area (Å²) in [5, 5.41) is 8.54. The third-order valence-electron chi connectivity index (χ3n) is 3.50. The lowest BCUT2D eigenvalue weighted by Gasteiger charge is -2.07. The molecule has 0 spiro atoms. The van der Waals surface area contributed by atoms with Crippen LogP contribution in [0.5, 0.6) is 5.75 Å². The standard InChI is InChI=1S/C18H15ClN2O3S/c1-11(16(22)13-4-3-5-14(19)10-13)25-18-21-20-17(24-18)12-6-8-15(23-2)9-7-12/h3-11H,1-2H3/t11-/m1/s1. The first-order valence-electron chi connectivity index (χ1n) is 7.51. The number of hydrogen-bond acceptors (Lipinski definition) is 6. The van der Waals surface area contributed by atoms with Gasteiger partial charge in [0.1, 0.15) is 5.75 Å². The van der Waals surface area contributed by atoms with Gasteiger partial charge in [-0.3, -0.25) is 4.79 Å². The van der Waals surface area contributed by atoms with Gasteiger partial charge in [0.05, 0.1) is 12.4 Å². The molecule has 25 heavy (non-hydrogen) atoms. The van der Waals surface area contributed by atoms with Crippen LogP contribution in [0, 0.1) is 0 Å². The number of carbonyl (C=O) groups is 1. The Bertz CT molecular complexity index is 880. The average molecular weight is 375 g/mol. The Morgan fingerprint density at radius 3 is 2.64 bits per heavy atom. The van der Waals surface area contributed by atoms with Crippen molar-refractivity contribution in [2.75, 3.05) is 7.11 Å². The molecule has 2 aromatic carbocycles. The van der Waals surface area contributed by atoms with Gasteiger partial charge < -0.3 is 9.15 Å². The van der Waals surface area contributed by atoms with Crippen LogP contribution in [0.15, 0.2) is 58.2 Å². The third-order valence-corrected chi connectivity index (χ3v) is 4.67. The van der Waals surface area contributed by atoms with Gasteiger partial charge in [-0.15, -0.1) is 10.2 Å². The molecule has 0 bridgehead atoms. The molecule has 0 aliphatic carbocycles. The summed E-state index contributed by atoms with van der Waals surface area (Å²) in [5.41, 5.74) is 1.34. The molecule has 128 valence electrons. The molecule has 0 amide bonds. The summed E-state index contributed by atoms with van der Waals surface area (Å²) >= 11 is 7.16. The molecule has 1 atom stereocenters. The van der Waals surface area contributed by atoms with Crippen LogP contribution in [0.2, 0.25) is 5.02 Å². The molecule has 0 radical (unpaired) electrons. The Morgan fingerprint density at radius 1 is 1.20 bits per heavy atom. The highest BCUT2D eigenvalue weighted by atomic mass is 35.5. The van der Waals surface area contributed by atoms with Crippen molar-refractivity contribution in [1.82, 2.24) is 10.2 Å². The van der Waals surface area contributed by atoms with E-state index < -0.39 is 0 Å². The van der Waals surface area contributed by atoms with E-state index in [9.17, 15) is 4.79 Å². The molecule has 3 aromatic rings. The number of aromatic nitrogens is 2. The van der Waals surface area contributed by atoms with Crippen molar-refractivity contribution in [2.45, 2.75) is 17.4 Å². The zero-order valence-electron chi connectivity index (χ0n) is 13.6. The Labute approximate surface area is 154 Å². The minimum Gasteiger partial charge on any atom is -0.497 e. The lowest BCUT2D eigenvalue weighted by molar-refractivity contribution is 0.0993. The lowest BCUT2D eigenvalue weighted by Crippen LogP contribution is -2.13. The van der Waals surface area contributed by atoms with Crippen molar-refractivity contribution in [3.63, 3.8) is 0 Å². The first-order valence-corrected chi connectivity index (χ1v) is 8.77. The van der Waals surface area contributed by atoms with Crippen LogP contribution in [0.3, 0.4) is 0 Å². The van der Waals surface area contributed by atoms with Gasteiger partial charge in [0.25, 0.3) is 5.22 Å².